The van der Waals surface area contributed by atoms with Crippen LogP contribution < -0.4 is 14.8 Å². The molecule has 186 valence electrons. The molecule has 0 saturated carbocycles. The maximum atomic E-state index is 13.4. The molecular formula is C30H24ClNO5. The number of esters is 1. The summed E-state index contributed by atoms with van der Waals surface area (Å²) in [4.78, 5) is 26.3. The molecule has 5 rings (SSSR count). The monoisotopic (exact) mass is 513 g/mol. The van der Waals surface area contributed by atoms with Gasteiger partial charge in [-0.2, -0.15) is 0 Å². The van der Waals surface area contributed by atoms with E-state index in [2.05, 4.69) is 5.32 Å². The number of carbonyl (C=O) groups is 2. The van der Waals surface area contributed by atoms with Crippen molar-refractivity contribution < 1.29 is 23.8 Å². The SMILES string of the molecule is CCOC(=O)C1=C(NC(=O)COc2cccc(Cl)c2)Oc2ccc3ccccc3c2C1c1ccccc1. The molecular weight excluding hydrogens is 490 g/mol. The summed E-state index contributed by atoms with van der Waals surface area (Å²) < 4.78 is 17.2. The van der Waals surface area contributed by atoms with Crippen LogP contribution in [-0.4, -0.2) is 25.1 Å². The van der Waals surface area contributed by atoms with Gasteiger partial charge in [0.1, 0.15) is 17.1 Å². The molecule has 4 aromatic rings. The van der Waals surface area contributed by atoms with Crippen LogP contribution in [-0.2, 0) is 14.3 Å². The zero-order chi connectivity index (χ0) is 25.8. The molecule has 0 radical (unpaired) electrons. The van der Waals surface area contributed by atoms with E-state index in [0.29, 0.717) is 16.5 Å². The average molecular weight is 514 g/mol. The minimum absolute atomic E-state index is 0.0229. The molecule has 1 amide bonds. The third-order valence-corrected chi connectivity index (χ3v) is 6.25. The lowest BCUT2D eigenvalue weighted by atomic mass is 9.80. The number of hydrogen-bond donors (Lipinski definition) is 1. The van der Waals surface area contributed by atoms with E-state index in [0.717, 1.165) is 21.9 Å². The van der Waals surface area contributed by atoms with Crippen LogP contribution in [0.4, 0.5) is 0 Å². The fraction of sp³-hybridized carbons (Fsp3) is 0.133. The van der Waals surface area contributed by atoms with E-state index in [4.69, 9.17) is 25.8 Å². The number of nitrogens with one attached hydrogen (secondary N) is 1. The maximum absolute atomic E-state index is 13.4. The van der Waals surface area contributed by atoms with Gasteiger partial charge in [0.2, 0.25) is 5.88 Å². The molecule has 0 spiro atoms. The highest BCUT2D eigenvalue weighted by atomic mass is 35.5. The second kappa shape index (κ2) is 10.8. The topological polar surface area (TPSA) is 73.9 Å². The van der Waals surface area contributed by atoms with E-state index in [1.54, 1.807) is 31.2 Å². The smallest absolute Gasteiger partial charge is 0.340 e. The largest absolute Gasteiger partial charge is 0.484 e. The molecule has 4 aromatic carbocycles. The number of halogens is 1. The Labute approximate surface area is 219 Å². The Bertz CT molecular complexity index is 1500. The zero-order valence-corrected chi connectivity index (χ0v) is 20.8. The lowest BCUT2D eigenvalue weighted by Gasteiger charge is -2.31. The highest BCUT2D eigenvalue weighted by Crippen LogP contribution is 2.46. The van der Waals surface area contributed by atoms with Gasteiger partial charge in [-0.3, -0.25) is 10.1 Å². The summed E-state index contributed by atoms with van der Waals surface area (Å²) in [5, 5.41) is 5.20. The van der Waals surface area contributed by atoms with Crippen molar-refractivity contribution in [2.45, 2.75) is 12.8 Å². The molecule has 1 aliphatic heterocycles. The zero-order valence-electron chi connectivity index (χ0n) is 20.1. The Kier molecular flexibility index (Phi) is 7.10. The lowest BCUT2D eigenvalue weighted by Crippen LogP contribution is -2.36. The number of amides is 1. The highest BCUT2D eigenvalue weighted by molar-refractivity contribution is 6.30. The minimum Gasteiger partial charge on any atom is -0.484 e. The van der Waals surface area contributed by atoms with Crippen molar-refractivity contribution >= 4 is 34.2 Å². The number of rotatable bonds is 7. The predicted molar refractivity (Wildman–Crippen MR) is 142 cm³/mol. The number of carbonyl (C=O) groups excluding carboxylic acids is 2. The van der Waals surface area contributed by atoms with Gasteiger partial charge in [-0.1, -0.05) is 78.3 Å². The van der Waals surface area contributed by atoms with Crippen molar-refractivity contribution in [3.05, 3.63) is 119 Å². The van der Waals surface area contributed by atoms with E-state index in [1.165, 1.54) is 0 Å². The Morgan fingerprint density at radius 1 is 0.946 bits per heavy atom. The first-order valence-electron chi connectivity index (χ1n) is 11.9. The van der Waals surface area contributed by atoms with Crippen LogP contribution in [0.3, 0.4) is 0 Å². The fourth-order valence-corrected chi connectivity index (χ4v) is 4.64. The van der Waals surface area contributed by atoms with Gasteiger partial charge in [0.05, 0.1) is 12.5 Å². The van der Waals surface area contributed by atoms with Gasteiger partial charge in [-0.25, -0.2) is 4.79 Å². The van der Waals surface area contributed by atoms with Crippen molar-refractivity contribution in [3.63, 3.8) is 0 Å². The summed E-state index contributed by atoms with van der Waals surface area (Å²) >= 11 is 6.00. The average Bonchev–Trinajstić information content (AvgIpc) is 2.91. The number of benzene rings is 4. The second-order valence-electron chi connectivity index (χ2n) is 8.40. The van der Waals surface area contributed by atoms with Gasteiger partial charge < -0.3 is 14.2 Å². The predicted octanol–water partition coefficient (Wildman–Crippen LogP) is 5.99. The molecule has 7 heteroatoms. The molecule has 1 unspecified atom stereocenters. The Hall–Kier alpha value is -4.29. The molecule has 0 fully saturated rings. The number of fused-ring (bicyclic) bond motifs is 3. The van der Waals surface area contributed by atoms with Gasteiger partial charge >= 0.3 is 5.97 Å². The van der Waals surface area contributed by atoms with Crippen molar-refractivity contribution in [1.82, 2.24) is 5.32 Å². The molecule has 0 aliphatic carbocycles. The van der Waals surface area contributed by atoms with Crippen LogP contribution in [0.25, 0.3) is 10.8 Å². The molecule has 0 aromatic heterocycles. The standard InChI is InChI=1S/C30H24ClNO5/c1-2-35-30(34)28-26(20-10-4-3-5-11-20)27-23-14-7-6-9-19(23)15-16-24(27)37-29(28)32-25(33)18-36-22-13-8-12-21(31)17-22/h3-17,26H,2,18H2,1H3,(H,32,33). The Morgan fingerprint density at radius 3 is 2.51 bits per heavy atom. The van der Waals surface area contributed by atoms with Crippen LogP contribution >= 0.6 is 11.6 Å². The van der Waals surface area contributed by atoms with Gasteiger partial charge in [0.25, 0.3) is 5.91 Å². The third kappa shape index (κ3) is 5.15. The van der Waals surface area contributed by atoms with Crippen LogP contribution in [0.15, 0.2) is 102 Å². The van der Waals surface area contributed by atoms with Gasteiger partial charge in [0, 0.05) is 10.6 Å². The quantitative estimate of drug-likeness (QED) is 0.307. The molecule has 1 atom stereocenters. The highest BCUT2D eigenvalue weighted by Gasteiger charge is 2.38. The third-order valence-electron chi connectivity index (χ3n) is 6.01. The van der Waals surface area contributed by atoms with Gasteiger partial charge in [0.15, 0.2) is 6.61 Å². The Morgan fingerprint density at radius 2 is 1.73 bits per heavy atom. The van der Waals surface area contributed by atoms with Crippen molar-refractivity contribution in [1.29, 1.82) is 0 Å². The van der Waals surface area contributed by atoms with Crippen LogP contribution in [0, 0.1) is 0 Å². The van der Waals surface area contributed by atoms with E-state index in [-0.39, 0.29) is 24.7 Å². The minimum atomic E-state index is -0.569. The second-order valence-corrected chi connectivity index (χ2v) is 8.84. The summed E-state index contributed by atoms with van der Waals surface area (Å²) in [5.74, 6) is -0.569. The number of hydrogen-bond acceptors (Lipinski definition) is 5. The molecule has 37 heavy (non-hydrogen) atoms. The first-order chi connectivity index (χ1) is 18.0. The summed E-state index contributed by atoms with van der Waals surface area (Å²) in [5.41, 5.74) is 1.92. The van der Waals surface area contributed by atoms with E-state index >= 15 is 0 Å². The van der Waals surface area contributed by atoms with Gasteiger partial charge in [-0.05, 0) is 47.5 Å². The number of ether oxygens (including phenoxy) is 3. The van der Waals surface area contributed by atoms with Crippen LogP contribution in [0.2, 0.25) is 5.02 Å². The Balaban J connectivity index is 1.58. The molecule has 1 heterocycles. The molecule has 0 bridgehead atoms. The van der Waals surface area contributed by atoms with Crippen molar-refractivity contribution in [2.24, 2.45) is 0 Å². The summed E-state index contributed by atoms with van der Waals surface area (Å²) in [6.07, 6.45) is 0. The maximum Gasteiger partial charge on any atom is 0.340 e. The normalized spacial score (nSPS) is 14.5. The molecule has 0 saturated heterocycles. The molecule has 6 nitrogen and oxygen atoms in total. The first kappa shape index (κ1) is 24.4. The van der Waals surface area contributed by atoms with Crippen LogP contribution in [0.1, 0.15) is 24.0 Å². The lowest BCUT2D eigenvalue weighted by molar-refractivity contribution is -0.139. The van der Waals surface area contributed by atoms with Crippen molar-refractivity contribution in [3.8, 4) is 11.5 Å². The van der Waals surface area contributed by atoms with Gasteiger partial charge in [-0.15, -0.1) is 0 Å². The summed E-state index contributed by atoms with van der Waals surface area (Å²) in [6, 6.07) is 28.1. The first-order valence-corrected chi connectivity index (χ1v) is 12.3. The molecule has 1 aliphatic rings. The summed E-state index contributed by atoms with van der Waals surface area (Å²) in [6.45, 7) is 1.61. The molecule has 1 N–H and O–H groups in total. The van der Waals surface area contributed by atoms with Crippen LogP contribution in [0.5, 0.6) is 11.5 Å². The van der Waals surface area contributed by atoms with Crippen molar-refractivity contribution in [2.75, 3.05) is 13.2 Å². The fourth-order valence-electron chi connectivity index (χ4n) is 4.46. The van der Waals surface area contributed by atoms with E-state index in [1.807, 2.05) is 66.7 Å². The van der Waals surface area contributed by atoms with E-state index in [9.17, 15) is 9.59 Å². The van der Waals surface area contributed by atoms with E-state index < -0.39 is 17.8 Å². The summed E-state index contributed by atoms with van der Waals surface area (Å²) in [7, 11) is 0.